The monoisotopic (exact) mass is 269 g/mol. The van der Waals surface area contributed by atoms with Crippen LogP contribution in [0.25, 0.3) is 0 Å². The number of benzene rings is 1. The lowest BCUT2D eigenvalue weighted by Crippen LogP contribution is -2.32. The van der Waals surface area contributed by atoms with Gasteiger partial charge in [-0.15, -0.1) is 0 Å². The zero-order valence-corrected chi connectivity index (χ0v) is 10.7. The van der Waals surface area contributed by atoms with Gasteiger partial charge in [0.25, 0.3) is 0 Å². The van der Waals surface area contributed by atoms with E-state index >= 15 is 0 Å². The third-order valence-electron chi connectivity index (χ3n) is 2.29. The Morgan fingerprint density at radius 3 is 2.00 bits per heavy atom. The van der Waals surface area contributed by atoms with Gasteiger partial charge < -0.3 is 21.1 Å². The summed E-state index contributed by atoms with van der Waals surface area (Å²) in [6, 6.07) is 8.54. The van der Waals surface area contributed by atoms with Crippen molar-refractivity contribution in [3.63, 3.8) is 0 Å². The number of hydrogen-bond acceptors (Lipinski definition) is 4. The molecule has 1 aromatic carbocycles. The van der Waals surface area contributed by atoms with Crippen molar-refractivity contribution in [2.24, 2.45) is 5.73 Å². The van der Waals surface area contributed by atoms with Crippen LogP contribution >= 0.6 is 0 Å². The summed E-state index contributed by atoms with van der Waals surface area (Å²) in [5, 5.41) is 24.8. The summed E-state index contributed by atoms with van der Waals surface area (Å²) in [6.07, 6.45) is -0.522. The zero-order chi connectivity index (χ0) is 14.8. The minimum absolute atomic E-state index is 0.273. The highest BCUT2D eigenvalue weighted by atomic mass is 16.4. The van der Waals surface area contributed by atoms with Crippen LogP contribution in [0.1, 0.15) is 18.9 Å². The zero-order valence-electron chi connectivity index (χ0n) is 10.7. The first-order chi connectivity index (χ1) is 8.88. The predicted molar refractivity (Wildman–Crippen MR) is 69.7 cm³/mol. The molecule has 0 aromatic heterocycles. The molecule has 0 fully saturated rings. The van der Waals surface area contributed by atoms with E-state index in [0.29, 0.717) is 6.42 Å². The third kappa shape index (κ3) is 7.91. The normalized spacial score (nSPS) is 12.8. The maximum absolute atomic E-state index is 10.4. The molecule has 1 unspecified atom stereocenters. The van der Waals surface area contributed by atoms with Crippen molar-refractivity contribution in [3.8, 4) is 0 Å². The first-order valence-electron chi connectivity index (χ1n) is 5.81. The van der Waals surface area contributed by atoms with E-state index in [1.807, 2.05) is 30.3 Å². The van der Waals surface area contributed by atoms with Gasteiger partial charge in [-0.25, -0.2) is 4.79 Å². The van der Waals surface area contributed by atoms with E-state index in [-0.39, 0.29) is 6.42 Å². The van der Waals surface area contributed by atoms with Crippen LogP contribution in [0.4, 0.5) is 0 Å². The van der Waals surface area contributed by atoms with E-state index in [0.717, 1.165) is 5.56 Å². The van der Waals surface area contributed by atoms with Gasteiger partial charge in [0.05, 0.1) is 0 Å². The highest BCUT2D eigenvalue weighted by molar-refractivity contribution is 5.73. The summed E-state index contributed by atoms with van der Waals surface area (Å²) in [7, 11) is 0. The van der Waals surface area contributed by atoms with Gasteiger partial charge in [0.15, 0.2) is 6.10 Å². The number of carboxylic acid groups (broad SMARTS) is 2. The minimum Gasteiger partial charge on any atom is -0.480 e. The molecule has 0 saturated carbocycles. The predicted octanol–water partition coefficient (Wildman–Crippen LogP) is 0.483. The average molecular weight is 269 g/mol. The van der Waals surface area contributed by atoms with Gasteiger partial charge in [-0.2, -0.15) is 0 Å². The lowest BCUT2D eigenvalue weighted by atomic mass is 10.1. The molecule has 1 aromatic rings. The summed E-state index contributed by atoms with van der Waals surface area (Å²) in [5.74, 6) is -2.11. The minimum atomic E-state index is -1.18. The molecule has 19 heavy (non-hydrogen) atoms. The van der Waals surface area contributed by atoms with Crippen LogP contribution in [0.15, 0.2) is 30.3 Å². The van der Waals surface area contributed by atoms with Crippen LogP contribution in [0.3, 0.4) is 0 Å². The van der Waals surface area contributed by atoms with Crippen molar-refractivity contribution >= 4 is 11.9 Å². The highest BCUT2D eigenvalue weighted by Crippen LogP contribution is 2.01. The van der Waals surface area contributed by atoms with Crippen LogP contribution < -0.4 is 5.73 Å². The topological polar surface area (TPSA) is 121 Å². The number of aliphatic carboxylic acids is 2. The van der Waals surface area contributed by atoms with Crippen molar-refractivity contribution < 1.29 is 24.9 Å². The second kappa shape index (κ2) is 9.07. The number of rotatable bonds is 5. The standard InChI is InChI=1S/C9H11NO2.C4H8O3/c10-8(9(11)12)6-7-4-2-1-3-5-7;1-2-3(5)4(6)7/h1-5,8H,6,10H2,(H,11,12);3,5H,2H2,1H3,(H,6,7)/t8-;/m0./s1. The molecule has 106 valence electrons. The fourth-order valence-corrected chi connectivity index (χ4v) is 1.13. The molecule has 6 nitrogen and oxygen atoms in total. The Hall–Kier alpha value is -1.92. The third-order valence-corrected chi connectivity index (χ3v) is 2.29. The Labute approximate surface area is 111 Å². The second-order valence-electron chi connectivity index (χ2n) is 3.90. The molecule has 1 rings (SSSR count). The van der Waals surface area contributed by atoms with Crippen LogP contribution in [0.2, 0.25) is 0 Å². The van der Waals surface area contributed by atoms with Crippen molar-refractivity contribution in [3.05, 3.63) is 35.9 Å². The molecule has 0 aliphatic carbocycles. The van der Waals surface area contributed by atoms with E-state index in [9.17, 15) is 9.59 Å². The number of aliphatic hydroxyl groups is 1. The fourth-order valence-electron chi connectivity index (χ4n) is 1.13. The number of hydrogen-bond donors (Lipinski definition) is 4. The summed E-state index contributed by atoms with van der Waals surface area (Å²) < 4.78 is 0. The van der Waals surface area contributed by atoms with Gasteiger partial charge >= 0.3 is 11.9 Å². The van der Waals surface area contributed by atoms with Gasteiger partial charge in [-0.05, 0) is 18.4 Å². The van der Waals surface area contributed by atoms with Crippen molar-refractivity contribution in [1.82, 2.24) is 0 Å². The lowest BCUT2D eigenvalue weighted by molar-refractivity contribution is -0.146. The molecule has 0 heterocycles. The first-order valence-corrected chi connectivity index (χ1v) is 5.81. The van der Waals surface area contributed by atoms with Crippen molar-refractivity contribution in [2.45, 2.75) is 31.9 Å². The van der Waals surface area contributed by atoms with Crippen LogP contribution in [-0.2, 0) is 16.0 Å². The van der Waals surface area contributed by atoms with Crippen LogP contribution in [-0.4, -0.2) is 39.4 Å². The summed E-state index contributed by atoms with van der Waals surface area (Å²) in [4.78, 5) is 20.1. The quantitative estimate of drug-likeness (QED) is 0.617. The van der Waals surface area contributed by atoms with Gasteiger partial charge in [-0.1, -0.05) is 37.3 Å². The smallest absolute Gasteiger partial charge is 0.332 e. The van der Waals surface area contributed by atoms with Gasteiger partial charge in [-0.3, -0.25) is 4.79 Å². The summed E-state index contributed by atoms with van der Waals surface area (Å²) >= 11 is 0. The Bertz CT molecular complexity index is 393. The Kier molecular flexibility index (Phi) is 8.15. The van der Waals surface area contributed by atoms with Gasteiger partial charge in [0.1, 0.15) is 6.04 Å². The Morgan fingerprint density at radius 2 is 1.68 bits per heavy atom. The molecule has 5 N–H and O–H groups in total. The maximum atomic E-state index is 10.4. The molecular formula is C13H19NO5. The van der Waals surface area contributed by atoms with Crippen LogP contribution in [0, 0.1) is 0 Å². The van der Waals surface area contributed by atoms with E-state index in [4.69, 9.17) is 21.1 Å². The Morgan fingerprint density at radius 1 is 1.16 bits per heavy atom. The molecule has 0 amide bonds. The summed E-state index contributed by atoms with van der Waals surface area (Å²) in [6.45, 7) is 1.61. The molecule has 2 atom stereocenters. The Balaban J connectivity index is 0.000000399. The lowest BCUT2D eigenvalue weighted by Gasteiger charge is -2.04. The molecule has 0 saturated heterocycles. The molecule has 0 aliphatic heterocycles. The number of carbonyl (C=O) groups is 2. The maximum Gasteiger partial charge on any atom is 0.332 e. The molecular weight excluding hydrogens is 250 g/mol. The largest absolute Gasteiger partial charge is 0.480 e. The van der Waals surface area contributed by atoms with Crippen molar-refractivity contribution in [2.75, 3.05) is 0 Å². The molecule has 6 heteroatoms. The highest BCUT2D eigenvalue weighted by Gasteiger charge is 2.11. The van der Waals surface area contributed by atoms with E-state index in [1.165, 1.54) is 0 Å². The average Bonchev–Trinajstić information content (AvgIpc) is 2.39. The SMILES string of the molecule is CCC(O)C(=O)O.N[C@@H](Cc1ccccc1)C(=O)O. The molecule has 0 aliphatic rings. The molecule has 0 radical (unpaired) electrons. The first kappa shape index (κ1) is 17.1. The van der Waals surface area contributed by atoms with E-state index in [1.54, 1.807) is 6.92 Å². The van der Waals surface area contributed by atoms with Gasteiger partial charge in [0, 0.05) is 0 Å². The van der Waals surface area contributed by atoms with Crippen molar-refractivity contribution in [1.29, 1.82) is 0 Å². The number of aliphatic hydroxyl groups excluding tert-OH is 1. The molecule has 0 bridgehead atoms. The fraction of sp³-hybridized carbons (Fsp3) is 0.385. The molecule has 0 spiro atoms. The summed E-state index contributed by atoms with van der Waals surface area (Å²) in [5.41, 5.74) is 6.30. The second-order valence-corrected chi connectivity index (χ2v) is 3.90. The van der Waals surface area contributed by atoms with E-state index in [2.05, 4.69) is 0 Å². The van der Waals surface area contributed by atoms with Crippen LogP contribution in [0.5, 0.6) is 0 Å². The van der Waals surface area contributed by atoms with Gasteiger partial charge in [0.2, 0.25) is 0 Å². The number of carboxylic acids is 2. The number of nitrogens with two attached hydrogens (primary N) is 1. The van der Waals surface area contributed by atoms with E-state index < -0.39 is 24.1 Å².